The molecule has 11 heavy (non-hydrogen) atoms. The Hall–Kier alpha value is -0.340. The number of hydrogen-bond donors (Lipinski definition) is 1. The molecule has 0 radical (unpaired) electrons. The number of nitrogens with one attached hydrogen (secondary N) is 1. The van der Waals surface area contributed by atoms with Crippen molar-refractivity contribution in [2.45, 2.75) is 13.3 Å². The first kappa shape index (κ1) is 10.7. The van der Waals surface area contributed by atoms with Crippen LogP contribution in [0.5, 0.6) is 0 Å². The molecule has 0 bridgehead atoms. The number of rotatable bonds is 6. The van der Waals surface area contributed by atoms with Gasteiger partial charge in [0.1, 0.15) is 0 Å². The summed E-state index contributed by atoms with van der Waals surface area (Å²) in [7, 11) is 4.08. The summed E-state index contributed by atoms with van der Waals surface area (Å²) >= 11 is 0. The molecule has 0 aliphatic carbocycles. The first-order valence-electron chi connectivity index (χ1n) is 4.20. The van der Waals surface area contributed by atoms with E-state index in [4.69, 9.17) is 0 Å². The van der Waals surface area contributed by atoms with Crippen LogP contribution in [0.15, 0.2) is 12.2 Å². The summed E-state index contributed by atoms with van der Waals surface area (Å²) in [4.78, 5) is 2.29. The molecule has 0 saturated heterocycles. The monoisotopic (exact) mass is 156 g/mol. The van der Waals surface area contributed by atoms with Gasteiger partial charge in [0.15, 0.2) is 0 Å². The molecule has 0 spiro atoms. The topological polar surface area (TPSA) is 15.3 Å². The molecular weight excluding hydrogens is 136 g/mol. The molecule has 0 atom stereocenters. The Bertz CT molecular complexity index is 110. The van der Waals surface area contributed by atoms with Crippen LogP contribution in [0.3, 0.4) is 0 Å². The number of hydrogen-bond acceptors (Lipinski definition) is 2. The van der Waals surface area contributed by atoms with E-state index >= 15 is 0 Å². The van der Waals surface area contributed by atoms with Gasteiger partial charge in [-0.1, -0.05) is 13.5 Å². The van der Waals surface area contributed by atoms with Gasteiger partial charge in [0.2, 0.25) is 0 Å². The number of nitrogens with zero attached hydrogens (tertiary/aromatic N) is 1. The molecule has 0 aromatic rings. The minimum Gasteiger partial charge on any atom is -0.316 e. The van der Waals surface area contributed by atoms with Crippen LogP contribution < -0.4 is 5.32 Å². The maximum Gasteiger partial charge on any atom is 0.0199 e. The van der Waals surface area contributed by atoms with Gasteiger partial charge in [-0.3, -0.25) is 0 Å². The zero-order valence-electron chi connectivity index (χ0n) is 7.98. The molecule has 0 saturated carbocycles. The van der Waals surface area contributed by atoms with E-state index in [1.54, 1.807) is 0 Å². The lowest BCUT2D eigenvalue weighted by atomic mass is 10.3. The fraction of sp³-hybridized carbons (Fsp3) is 0.778. The quantitative estimate of drug-likeness (QED) is 0.579. The molecule has 0 aromatic carbocycles. The smallest absolute Gasteiger partial charge is 0.0199 e. The van der Waals surface area contributed by atoms with E-state index in [0.29, 0.717) is 0 Å². The Kier molecular flexibility index (Phi) is 6.18. The van der Waals surface area contributed by atoms with E-state index in [1.165, 1.54) is 12.0 Å². The second-order valence-corrected chi connectivity index (χ2v) is 3.02. The van der Waals surface area contributed by atoms with Crippen LogP contribution in [-0.4, -0.2) is 38.6 Å². The first-order chi connectivity index (χ1) is 5.20. The Labute approximate surface area is 70.3 Å². The zero-order chi connectivity index (χ0) is 8.69. The third-order valence-electron chi connectivity index (χ3n) is 1.53. The largest absolute Gasteiger partial charge is 0.316 e. The van der Waals surface area contributed by atoms with Crippen molar-refractivity contribution >= 4 is 0 Å². The first-order valence-corrected chi connectivity index (χ1v) is 4.20. The van der Waals surface area contributed by atoms with Crippen molar-refractivity contribution in [1.82, 2.24) is 10.2 Å². The minimum absolute atomic E-state index is 0.925. The maximum absolute atomic E-state index is 3.96. The lowest BCUT2D eigenvalue weighted by Gasteiger charge is -2.16. The molecule has 66 valence electrons. The predicted octanol–water partition coefficient (Wildman–Crippen LogP) is 1.10. The van der Waals surface area contributed by atoms with E-state index in [1.807, 2.05) is 7.05 Å². The molecule has 0 heterocycles. The summed E-state index contributed by atoms with van der Waals surface area (Å²) in [5.74, 6) is 0. The average Bonchev–Trinajstić information content (AvgIpc) is 1.87. The van der Waals surface area contributed by atoms with Gasteiger partial charge in [-0.2, -0.15) is 0 Å². The summed E-state index contributed by atoms with van der Waals surface area (Å²) in [6, 6.07) is 0. The molecule has 2 nitrogen and oxygen atoms in total. The molecule has 0 aliphatic heterocycles. The lowest BCUT2D eigenvalue weighted by Crippen LogP contribution is -2.25. The van der Waals surface area contributed by atoms with Crippen LogP contribution in [-0.2, 0) is 0 Å². The van der Waals surface area contributed by atoms with Gasteiger partial charge in [0.05, 0.1) is 0 Å². The highest BCUT2D eigenvalue weighted by Crippen LogP contribution is 1.93. The Morgan fingerprint density at radius 3 is 2.64 bits per heavy atom. The summed E-state index contributed by atoms with van der Waals surface area (Å²) in [6.45, 7) is 9.24. The third kappa shape index (κ3) is 6.07. The molecular formula is C9H20N2. The van der Waals surface area contributed by atoms with Crippen molar-refractivity contribution in [3.05, 3.63) is 12.2 Å². The zero-order valence-corrected chi connectivity index (χ0v) is 7.98. The van der Waals surface area contributed by atoms with Crippen LogP contribution in [0.4, 0.5) is 0 Å². The average molecular weight is 156 g/mol. The highest BCUT2D eigenvalue weighted by Gasteiger charge is 1.97. The summed E-state index contributed by atoms with van der Waals surface area (Å²) in [6.07, 6.45) is 1.21. The van der Waals surface area contributed by atoms with Gasteiger partial charge in [0, 0.05) is 13.1 Å². The van der Waals surface area contributed by atoms with Gasteiger partial charge >= 0.3 is 0 Å². The van der Waals surface area contributed by atoms with Gasteiger partial charge in [0.25, 0.3) is 0 Å². The van der Waals surface area contributed by atoms with Crippen molar-refractivity contribution < 1.29 is 0 Å². The Morgan fingerprint density at radius 1 is 1.55 bits per heavy atom. The lowest BCUT2D eigenvalue weighted by molar-refractivity contribution is 0.360. The maximum atomic E-state index is 3.96. The van der Waals surface area contributed by atoms with Crippen LogP contribution in [0.1, 0.15) is 13.3 Å². The predicted molar refractivity (Wildman–Crippen MR) is 50.9 cm³/mol. The van der Waals surface area contributed by atoms with Gasteiger partial charge in [-0.15, -0.1) is 0 Å². The van der Waals surface area contributed by atoms with E-state index in [9.17, 15) is 0 Å². The standard InChI is InChI=1S/C9H20N2/c1-5-6-11(4)8-9(2)7-10-3/h10H,2,5-8H2,1,3-4H3. The Balaban J connectivity index is 3.40. The number of likely N-dealkylation sites (N-methyl/N-ethyl adjacent to an activating group) is 2. The molecule has 0 rings (SSSR count). The van der Waals surface area contributed by atoms with Gasteiger partial charge in [-0.25, -0.2) is 0 Å². The summed E-state index contributed by atoms with van der Waals surface area (Å²) in [5, 5.41) is 3.09. The molecule has 0 unspecified atom stereocenters. The van der Waals surface area contributed by atoms with Crippen molar-refractivity contribution in [2.75, 3.05) is 33.7 Å². The van der Waals surface area contributed by atoms with Crippen LogP contribution in [0.2, 0.25) is 0 Å². The van der Waals surface area contributed by atoms with E-state index in [0.717, 1.165) is 19.6 Å². The van der Waals surface area contributed by atoms with Gasteiger partial charge in [-0.05, 0) is 32.6 Å². The van der Waals surface area contributed by atoms with E-state index < -0.39 is 0 Å². The molecule has 2 heteroatoms. The molecule has 0 amide bonds. The second-order valence-electron chi connectivity index (χ2n) is 3.02. The second kappa shape index (κ2) is 6.38. The van der Waals surface area contributed by atoms with Gasteiger partial charge < -0.3 is 10.2 Å². The third-order valence-corrected chi connectivity index (χ3v) is 1.53. The van der Waals surface area contributed by atoms with Crippen molar-refractivity contribution in [2.24, 2.45) is 0 Å². The molecule has 0 aliphatic rings. The fourth-order valence-corrected chi connectivity index (χ4v) is 1.15. The van der Waals surface area contributed by atoms with E-state index in [2.05, 4.69) is 30.8 Å². The summed E-state index contributed by atoms with van der Waals surface area (Å²) in [5.41, 5.74) is 1.25. The van der Waals surface area contributed by atoms with Crippen LogP contribution >= 0.6 is 0 Å². The Morgan fingerprint density at radius 2 is 2.18 bits per heavy atom. The molecule has 1 N–H and O–H groups in total. The highest BCUT2D eigenvalue weighted by molar-refractivity contribution is 4.98. The normalized spacial score (nSPS) is 10.5. The summed E-state index contributed by atoms with van der Waals surface area (Å²) < 4.78 is 0. The van der Waals surface area contributed by atoms with E-state index in [-0.39, 0.29) is 0 Å². The van der Waals surface area contributed by atoms with Crippen LogP contribution in [0.25, 0.3) is 0 Å². The SMILES string of the molecule is C=C(CNC)CN(C)CCC. The fourth-order valence-electron chi connectivity index (χ4n) is 1.15. The van der Waals surface area contributed by atoms with Crippen LogP contribution in [0, 0.1) is 0 Å². The van der Waals surface area contributed by atoms with Crippen molar-refractivity contribution in [1.29, 1.82) is 0 Å². The minimum atomic E-state index is 0.925. The highest BCUT2D eigenvalue weighted by atomic mass is 15.1. The molecule has 0 aromatic heterocycles. The van der Waals surface area contributed by atoms with Crippen molar-refractivity contribution in [3.8, 4) is 0 Å². The van der Waals surface area contributed by atoms with Crippen molar-refractivity contribution in [3.63, 3.8) is 0 Å². The molecule has 0 fully saturated rings.